The topological polar surface area (TPSA) is 30.2 Å². The monoisotopic (exact) mass is 344 g/mol. The summed E-state index contributed by atoms with van der Waals surface area (Å²) in [5.74, 6) is 0. The van der Waals surface area contributed by atoms with Gasteiger partial charge in [-0.05, 0) is 35.6 Å². The molecule has 0 atom stereocenters. The van der Waals surface area contributed by atoms with Crippen molar-refractivity contribution in [3.05, 3.63) is 76.8 Å². The molecule has 3 aromatic rings. The van der Waals surface area contributed by atoms with Gasteiger partial charge < -0.3 is 4.42 Å². The third-order valence-electron chi connectivity index (χ3n) is 3.73. The van der Waals surface area contributed by atoms with Crippen molar-refractivity contribution in [1.29, 1.82) is 0 Å². The summed E-state index contributed by atoms with van der Waals surface area (Å²) in [6.45, 7) is 0. The van der Waals surface area contributed by atoms with Crippen LogP contribution in [-0.2, 0) is 0 Å². The molecule has 0 radical (unpaired) electrons. The van der Waals surface area contributed by atoms with Gasteiger partial charge in [0.05, 0.1) is 11.8 Å². The molecule has 3 rings (SSSR count). The van der Waals surface area contributed by atoms with Gasteiger partial charge in [-0.3, -0.25) is 0 Å². The van der Waals surface area contributed by atoms with E-state index in [0.29, 0.717) is 16.7 Å². The Labute approximate surface area is 142 Å². The van der Waals surface area contributed by atoms with Crippen LogP contribution in [0.3, 0.4) is 0 Å². The zero-order valence-corrected chi connectivity index (χ0v) is 13.6. The fraction of sp³-hybridized carbons (Fsp3) is 0.105. The number of hydrogen-bond acceptors (Lipinski definition) is 3. The van der Waals surface area contributed by atoms with Crippen LogP contribution in [0.4, 0.5) is 8.78 Å². The summed E-state index contributed by atoms with van der Waals surface area (Å²) in [7, 11) is 0. The van der Waals surface area contributed by atoms with Crippen LogP contribution in [0.2, 0.25) is 0 Å². The highest BCUT2D eigenvalue weighted by Crippen LogP contribution is 2.37. The molecule has 0 N–H and O–H groups in total. The SMILES string of the molecule is CSc1ccc(-c2ccoc(=O)c2-c2ccccc2)c(C(F)F)c1. The average Bonchev–Trinajstić information content (AvgIpc) is 2.61. The van der Waals surface area contributed by atoms with Gasteiger partial charge in [0, 0.05) is 16.0 Å². The van der Waals surface area contributed by atoms with Crippen LogP contribution in [0.25, 0.3) is 22.3 Å². The van der Waals surface area contributed by atoms with E-state index in [2.05, 4.69) is 0 Å². The quantitative estimate of drug-likeness (QED) is 0.574. The molecule has 2 nitrogen and oxygen atoms in total. The summed E-state index contributed by atoms with van der Waals surface area (Å²) in [5, 5.41) is 0. The molecule has 0 saturated carbocycles. The minimum atomic E-state index is -2.64. The van der Waals surface area contributed by atoms with Gasteiger partial charge in [0.2, 0.25) is 0 Å². The Morgan fingerprint density at radius 2 is 1.75 bits per heavy atom. The molecule has 0 aliphatic heterocycles. The van der Waals surface area contributed by atoms with Gasteiger partial charge in [-0.1, -0.05) is 36.4 Å². The molecule has 24 heavy (non-hydrogen) atoms. The maximum atomic E-state index is 13.6. The zero-order chi connectivity index (χ0) is 17.1. The van der Waals surface area contributed by atoms with E-state index in [1.165, 1.54) is 24.1 Å². The lowest BCUT2D eigenvalue weighted by Gasteiger charge is -2.13. The summed E-state index contributed by atoms with van der Waals surface area (Å²) in [5.41, 5.74) is 1.07. The summed E-state index contributed by atoms with van der Waals surface area (Å²) in [6, 6.07) is 15.3. The van der Waals surface area contributed by atoms with Crippen LogP contribution in [0, 0.1) is 0 Å². The molecule has 2 aromatic carbocycles. The van der Waals surface area contributed by atoms with Crippen molar-refractivity contribution in [3.8, 4) is 22.3 Å². The van der Waals surface area contributed by atoms with Crippen LogP contribution >= 0.6 is 11.8 Å². The van der Waals surface area contributed by atoms with E-state index in [0.717, 1.165) is 4.90 Å². The van der Waals surface area contributed by atoms with E-state index in [4.69, 9.17) is 4.42 Å². The normalized spacial score (nSPS) is 11.0. The zero-order valence-electron chi connectivity index (χ0n) is 12.8. The molecule has 5 heteroatoms. The van der Waals surface area contributed by atoms with Crippen molar-refractivity contribution in [2.45, 2.75) is 11.3 Å². The van der Waals surface area contributed by atoms with Gasteiger partial charge in [0.15, 0.2) is 0 Å². The standard InChI is InChI=1S/C19H14F2O2S/c1-24-13-7-8-14(16(11-13)18(20)21)15-9-10-23-19(22)17(15)12-5-3-2-4-6-12/h2-11,18H,1H3. The Bertz CT molecular complexity index is 905. The van der Waals surface area contributed by atoms with E-state index in [9.17, 15) is 13.6 Å². The molecular weight excluding hydrogens is 330 g/mol. The van der Waals surface area contributed by atoms with Gasteiger partial charge in [0.25, 0.3) is 6.43 Å². The Kier molecular flexibility index (Phi) is 4.81. The summed E-state index contributed by atoms with van der Waals surface area (Å²) in [4.78, 5) is 13.0. The molecule has 0 aliphatic rings. The average molecular weight is 344 g/mol. The number of alkyl halides is 2. The number of thioether (sulfide) groups is 1. The molecule has 0 saturated heterocycles. The summed E-state index contributed by atoms with van der Waals surface area (Å²) in [6.07, 6.45) is 0.432. The number of rotatable bonds is 4. The van der Waals surface area contributed by atoms with E-state index in [-0.39, 0.29) is 11.1 Å². The molecule has 1 aromatic heterocycles. The molecule has 0 unspecified atom stereocenters. The highest BCUT2D eigenvalue weighted by atomic mass is 32.2. The molecule has 122 valence electrons. The van der Waals surface area contributed by atoms with Gasteiger partial charge >= 0.3 is 5.63 Å². The number of benzene rings is 2. The Hall–Kier alpha value is -2.40. The third kappa shape index (κ3) is 3.12. The van der Waals surface area contributed by atoms with Gasteiger partial charge in [-0.15, -0.1) is 11.8 Å². The van der Waals surface area contributed by atoms with Gasteiger partial charge in [-0.25, -0.2) is 13.6 Å². The van der Waals surface area contributed by atoms with Crippen LogP contribution < -0.4 is 5.63 Å². The first-order valence-corrected chi connectivity index (χ1v) is 8.48. The van der Waals surface area contributed by atoms with Crippen LogP contribution in [-0.4, -0.2) is 6.26 Å². The Morgan fingerprint density at radius 3 is 2.42 bits per heavy atom. The lowest BCUT2D eigenvalue weighted by Crippen LogP contribution is -2.05. The van der Waals surface area contributed by atoms with Crippen molar-refractivity contribution < 1.29 is 13.2 Å². The lowest BCUT2D eigenvalue weighted by atomic mass is 9.93. The lowest BCUT2D eigenvalue weighted by molar-refractivity contribution is 0.152. The van der Waals surface area contributed by atoms with E-state index < -0.39 is 12.1 Å². The second-order valence-electron chi connectivity index (χ2n) is 5.12. The smallest absolute Gasteiger partial charge is 0.344 e. The highest BCUT2D eigenvalue weighted by molar-refractivity contribution is 7.98. The minimum absolute atomic E-state index is 0.0929. The first-order valence-electron chi connectivity index (χ1n) is 7.25. The third-order valence-corrected chi connectivity index (χ3v) is 4.46. The predicted octanol–water partition coefficient (Wildman–Crippen LogP) is 5.63. The van der Waals surface area contributed by atoms with Crippen molar-refractivity contribution in [2.75, 3.05) is 6.26 Å². The Balaban J connectivity index is 2.29. The maximum Gasteiger partial charge on any atom is 0.344 e. The van der Waals surface area contributed by atoms with E-state index in [1.807, 2.05) is 12.3 Å². The van der Waals surface area contributed by atoms with Crippen molar-refractivity contribution in [1.82, 2.24) is 0 Å². The molecular formula is C19H14F2O2S. The van der Waals surface area contributed by atoms with Crippen LogP contribution in [0.5, 0.6) is 0 Å². The molecule has 0 bridgehead atoms. The minimum Gasteiger partial charge on any atom is -0.431 e. The molecule has 0 spiro atoms. The molecule has 1 heterocycles. The molecule has 0 aliphatic carbocycles. The second kappa shape index (κ2) is 7.01. The number of halogens is 2. The second-order valence-corrected chi connectivity index (χ2v) is 6.00. The summed E-state index contributed by atoms with van der Waals surface area (Å²) >= 11 is 1.39. The van der Waals surface area contributed by atoms with Crippen molar-refractivity contribution in [3.63, 3.8) is 0 Å². The molecule has 0 amide bonds. The van der Waals surface area contributed by atoms with Crippen molar-refractivity contribution in [2.24, 2.45) is 0 Å². The fourth-order valence-corrected chi connectivity index (χ4v) is 3.06. The van der Waals surface area contributed by atoms with E-state index >= 15 is 0 Å². The fourth-order valence-electron chi connectivity index (χ4n) is 2.61. The maximum absolute atomic E-state index is 13.6. The van der Waals surface area contributed by atoms with Crippen molar-refractivity contribution >= 4 is 11.8 Å². The number of hydrogen-bond donors (Lipinski definition) is 0. The first-order chi connectivity index (χ1) is 11.6. The molecule has 0 fully saturated rings. The first kappa shape index (κ1) is 16.5. The Morgan fingerprint density at radius 1 is 1.00 bits per heavy atom. The van der Waals surface area contributed by atoms with Crippen LogP contribution in [0.15, 0.2) is 75.0 Å². The van der Waals surface area contributed by atoms with E-state index in [1.54, 1.807) is 42.5 Å². The largest absolute Gasteiger partial charge is 0.431 e. The van der Waals surface area contributed by atoms with Crippen LogP contribution in [0.1, 0.15) is 12.0 Å². The predicted molar refractivity (Wildman–Crippen MR) is 92.6 cm³/mol. The van der Waals surface area contributed by atoms with Gasteiger partial charge in [-0.2, -0.15) is 0 Å². The highest BCUT2D eigenvalue weighted by Gasteiger charge is 2.20. The van der Waals surface area contributed by atoms with Gasteiger partial charge in [0.1, 0.15) is 0 Å². The summed E-state index contributed by atoms with van der Waals surface area (Å²) < 4.78 is 32.1.